The van der Waals surface area contributed by atoms with Gasteiger partial charge in [-0.15, -0.1) is 0 Å². The van der Waals surface area contributed by atoms with Crippen LogP contribution >= 0.6 is 0 Å². The lowest BCUT2D eigenvalue weighted by Gasteiger charge is -2.10. The van der Waals surface area contributed by atoms with Crippen molar-refractivity contribution in [2.75, 3.05) is 5.32 Å². The average Bonchev–Trinajstić information content (AvgIpc) is 2.83. The van der Waals surface area contributed by atoms with E-state index in [0.29, 0.717) is 11.5 Å². The molecule has 8 nitrogen and oxygen atoms in total. The van der Waals surface area contributed by atoms with E-state index in [1.165, 1.54) is 11.0 Å². The lowest BCUT2D eigenvalue weighted by molar-refractivity contribution is -0.136. The highest BCUT2D eigenvalue weighted by Gasteiger charge is 2.09. The van der Waals surface area contributed by atoms with E-state index in [4.69, 9.17) is 5.11 Å². The Hall–Kier alpha value is -2.90. The first-order chi connectivity index (χ1) is 10.1. The zero-order valence-corrected chi connectivity index (χ0v) is 11.4. The van der Waals surface area contributed by atoms with Crippen molar-refractivity contribution in [3.05, 3.63) is 41.7 Å². The molecule has 0 unspecified atom stereocenters. The van der Waals surface area contributed by atoms with Crippen molar-refractivity contribution < 1.29 is 14.7 Å². The van der Waals surface area contributed by atoms with Crippen LogP contribution in [0.3, 0.4) is 0 Å². The van der Waals surface area contributed by atoms with Crippen LogP contribution < -0.4 is 10.6 Å². The van der Waals surface area contributed by atoms with Crippen molar-refractivity contribution in [3.8, 4) is 0 Å². The molecule has 110 valence electrons. The fraction of sp³-hybridized carbons (Fsp3) is 0.231. The third-order valence-electron chi connectivity index (χ3n) is 2.84. The molecule has 0 radical (unpaired) electrons. The van der Waals surface area contributed by atoms with E-state index in [2.05, 4.69) is 20.7 Å². The van der Waals surface area contributed by atoms with Gasteiger partial charge in [-0.2, -0.15) is 10.1 Å². The summed E-state index contributed by atoms with van der Waals surface area (Å²) in [6, 6.07) is 6.63. The number of hydrogen-bond acceptors (Lipinski definition) is 4. The van der Waals surface area contributed by atoms with E-state index in [-0.39, 0.29) is 13.0 Å². The second kappa shape index (κ2) is 6.51. The summed E-state index contributed by atoms with van der Waals surface area (Å²) in [7, 11) is 1.66. The van der Waals surface area contributed by atoms with E-state index >= 15 is 0 Å². The number of benzene rings is 1. The molecule has 1 aromatic carbocycles. The number of aliphatic carboxylic acids is 1. The van der Waals surface area contributed by atoms with Crippen LogP contribution in [0.25, 0.3) is 0 Å². The fourth-order valence-corrected chi connectivity index (χ4v) is 1.80. The lowest BCUT2D eigenvalue weighted by Crippen LogP contribution is -2.29. The number of carboxylic acid groups (broad SMARTS) is 1. The van der Waals surface area contributed by atoms with Gasteiger partial charge in [0.15, 0.2) is 0 Å². The van der Waals surface area contributed by atoms with Gasteiger partial charge in [-0.05, 0) is 11.1 Å². The molecule has 0 aliphatic carbocycles. The number of aromatic nitrogens is 3. The molecule has 0 fully saturated rings. The standard InChI is InChI=1S/C13H15N5O3/c1-18-12(15-8-16-18)17-13(21)14-7-10-5-3-2-4-9(10)6-11(19)20/h2-5,8H,6-7H2,1H3,(H,19,20)(H2,14,15,16,17,21). The third-order valence-corrected chi connectivity index (χ3v) is 2.84. The monoisotopic (exact) mass is 289 g/mol. The summed E-state index contributed by atoms with van der Waals surface area (Å²) >= 11 is 0. The summed E-state index contributed by atoms with van der Waals surface area (Å²) in [5, 5.41) is 17.9. The molecule has 8 heteroatoms. The number of aryl methyl sites for hydroxylation is 1. The maximum Gasteiger partial charge on any atom is 0.321 e. The van der Waals surface area contributed by atoms with Crippen LogP contribution in [-0.2, 0) is 24.8 Å². The predicted octanol–water partition coefficient (Wildman–Crippen LogP) is 0.764. The quantitative estimate of drug-likeness (QED) is 0.753. The van der Waals surface area contributed by atoms with E-state index in [1.807, 2.05) is 0 Å². The van der Waals surface area contributed by atoms with Crippen molar-refractivity contribution in [2.24, 2.45) is 7.05 Å². The number of hydrogen-bond donors (Lipinski definition) is 3. The predicted molar refractivity (Wildman–Crippen MR) is 74.6 cm³/mol. The molecule has 3 N–H and O–H groups in total. The van der Waals surface area contributed by atoms with Crippen LogP contribution in [0, 0.1) is 0 Å². The Balaban J connectivity index is 1.95. The lowest BCUT2D eigenvalue weighted by atomic mass is 10.0. The van der Waals surface area contributed by atoms with Gasteiger partial charge in [0.1, 0.15) is 6.33 Å². The maximum atomic E-state index is 11.7. The van der Waals surface area contributed by atoms with Gasteiger partial charge in [0, 0.05) is 13.6 Å². The van der Waals surface area contributed by atoms with Gasteiger partial charge in [0.25, 0.3) is 0 Å². The molecule has 0 aliphatic rings. The molecular formula is C13H15N5O3. The summed E-state index contributed by atoms with van der Waals surface area (Å²) in [5.74, 6) is -0.586. The van der Waals surface area contributed by atoms with Gasteiger partial charge in [0.05, 0.1) is 6.42 Å². The van der Waals surface area contributed by atoms with Crippen molar-refractivity contribution in [1.29, 1.82) is 0 Å². The Bertz CT molecular complexity index is 653. The summed E-state index contributed by atoms with van der Waals surface area (Å²) in [6.45, 7) is 0.229. The Morgan fingerprint density at radius 2 is 2.00 bits per heavy atom. The first-order valence-electron chi connectivity index (χ1n) is 6.23. The number of nitrogens with one attached hydrogen (secondary N) is 2. The number of anilines is 1. The number of carbonyl (C=O) groups excluding carboxylic acids is 1. The smallest absolute Gasteiger partial charge is 0.321 e. The highest BCUT2D eigenvalue weighted by molar-refractivity contribution is 5.87. The van der Waals surface area contributed by atoms with E-state index in [1.54, 1.807) is 31.3 Å². The second-order valence-electron chi connectivity index (χ2n) is 4.35. The number of carboxylic acids is 1. The molecule has 0 bridgehead atoms. The SMILES string of the molecule is Cn1ncnc1NC(=O)NCc1ccccc1CC(=O)O. The van der Waals surface area contributed by atoms with E-state index in [0.717, 1.165) is 5.56 Å². The molecule has 0 atom stereocenters. The third kappa shape index (κ3) is 4.03. The van der Waals surface area contributed by atoms with Crippen LogP contribution in [0.1, 0.15) is 11.1 Å². The summed E-state index contributed by atoms with van der Waals surface area (Å²) in [6.07, 6.45) is 1.25. The molecule has 0 spiro atoms. The number of amides is 2. The molecule has 2 rings (SSSR count). The van der Waals surface area contributed by atoms with Crippen LogP contribution in [0.5, 0.6) is 0 Å². The minimum atomic E-state index is -0.911. The van der Waals surface area contributed by atoms with Gasteiger partial charge in [-0.1, -0.05) is 24.3 Å². The first kappa shape index (κ1) is 14.5. The van der Waals surface area contributed by atoms with Gasteiger partial charge in [0.2, 0.25) is 5.95 Å². The highest BCUT2D eigenvalue weighted by atomic mass is 16.4. The van der Waals surface area contributed by atoms with Crippen LogP contribution in [0.2, 0.25) is 0 Å². The van der Waals surface area contributed by atoms with Gasteiger partial charge >= 0.3 is 12.0 Å². The van der Waals surface area contributed by atoms with Crippen LogP contribution in [-0.4, -0.2) is 31.9 Å². The number of rotatable bonds is 5. The topological polar surface area (TPSA) is 109 Å². The molecule has 0 aliphatic heterocycles. The van der Waals surface area contributed by atoms with E-state index < -0.39 is 12.0 Å². The van der Waals surface area contributed by atoms with Crippen molar-refractivity contribution >= 4 is 17.9 Å². The first-order valence-corrected chi connectivity index (χ1v) is 6.23. The van der Waals surface area contributed by atoms with E-state index in [9.17, 15) is 9.59 Å². The molecule has 2 amide bonds. The molecular weight excluding hydrogens is 274 g/mol. The summed E-state index contributed by atoms with van der Waals surface area (Å²) in [5.41, 5.74) is 1.43. The van der Waals surface area contributed by atoms with Gasteiger partial charge in [-0.25, -0.2) is 9.48 Å². The van der Waals surface area contributed by atoms with Crippen LogP contribution in [0.15, 0.2) is 30.6 Å². The van der Waals surface area contributed by atoms with Crippen molar-refractivity contribution in [2.45, 2.75) is 13.0 Å². The highest BCUT2D eigenvalue weighted by Crippen LogP contribution is 2.09. The number of urea groups is 1. The minimum absolute atomic E-state index is 0.0806. The molecule has 21 heavy (non-hydrogen) atoms. The molecule has 1 heterocycles. The Morgan fingerprint density at radius 1 is 1.29 bits per heavy atom. The largest absolute Gasteiger partial charge is 0.481 e. The molecule has 0 saturated carbocycles. The summed E-state index contributed by atoms with van der Waals surface area (Å²) in [4.78, 5) is 26.4. The number of carbonyl (C=O) groups is 2. The van der Waals surface area contributed by atoms with Crippen LogP contribution in [0.4, 0.5) is 10.7 Å². The molecule has 0 saturated heterocycles. The number of nitrogens with zero attached hydrogens (tertiary/aromatic N) is 3. The molecule has 1 aromatic heterocycles. The summed E-state index contributed by atoms with van der Waals surface area (Å²) < 4.78 is 1.43. The Kier molecular flexibility index (Phi) is 4.50. The zero-order valence-electron chi connectivity index (χ0n) is 11.4. The fourth-order valence-electron chi connectivity index (χ4n) is 1.80. The zero-order chi connectivity index (χ0) is 15.2. The maximum absolute atomic E-state index is 11.7. The minimum Gasteiger partial charge on any atom is -0.481 e. The normalized spacial score (nSPS) is 10.1. The van der Waals surface area contributed by atoms with Crippen molar-refractivity contribution in [3.63, 3.8) is 0 Å². The average molecular weight is 289 g/mol. The Morgan fingerprint density at radius 3 is 2.62 bits per heavy atom. The Labute approximate surface area is 120 Å². The molecule has 2 aromatic rings. The van der Waals surface area contributed by atoms with Gasteiger partial charge < -0.3 is 10.4 Å². The van der Waals surface area contributed by atoms with Gasteiger partial charge in [-0.3, -0.25) is 10.1 Å². The second-order valence-corrected chi connectivity index (χ2v) is 4.35. The van der Waals surface area contributed by atoms with Crippen molar-refractivity contribution in [1.82, 2.24) is 20.1 Å².